The Morgan fingerprint density at radius 2 is 1.93 bits per heavy atom. The molecule has 3 nitrogen and oxygen atoms in total. The number of halogens is 2. The van der Waals surface area contributed by atoms with E-state index in [0.29, 0.717) is 0 Å². The number of nitrogens with two attached hydrogens (primary N) is 1. The molecule has 1 rings (SSSR count). The quantitative estimate of drug-likeness (QED) is 0.838. The number of carboxylic acids is 1. The molecule has 0 fully saturated rings. The van der Waals surface area contributed by atoms with Crippen LogP contribution in [0.25, 0.3) is 0 Å². The van der Waals surface area contributed by atoms with Crippen molar-refractivity contribution in [2.24, 2.45) is 5.73 Å². The van der Waals surface area contributed by atoms with Crippen LogP contribution in [0.5, 0.6) is 0 Å². The molecule has 0 saturated carbocycles. The van der Waals surface area contributed by atoms with E-state index in [1.807, 2.05) is 0 Å². The highest BCUT2D eigenvalue weighted by atomic mass is 35.5. The Balaban J connectivity index is 0.00000196. The average Bonchev–Trinajstić information content (AvgIpc) is 2.18. The number of rotatable bonds is 4. The van der Waals surface area contributed by atoms with Gasteiger partial charge < -0.3 is 10.8 Å². The Kier molecular flexibility index (Phi) is 5.89. The number of aromatic carboxylic acids is 1. The maximum atomic E-state index is 12.0. The van der Waals surface area contributed by atoms with E-state index in [-0.39, 0.29) is 30.4 Å². The summed E-state index contributed by atoms with van der Waals surface area (Å²) < 4.78 is 12.0. The lowest BCUT2D eigenvalue weighted by molar-refractivity contribution is 0.0697. The first-order valence-electron chi connectivity index (χ1n) is 4.30. The molecule has 5 heteroatoms. The Morgan fingerprint density at radius 1 is 1.40 bits per heavy atom. The van der Waals surface area contributed by atoms with Gasteiger partial charge in [0.1, 0.15) is 0 Å². The van der Waals surface area contributed by atoms with Crippen molar-refractivity contribution >= 4 is 18.4 Å². The maximum Gasteiger partial charge on any atom is 0.335 e. The highest BCUT2D eigenvalue weighted by molar-refractivity contribution is 5.87. The van der Waals surface area contributed by atoms with Gasteiger partial charge in [0, 0.05) is 6.04 Å². The van der Waals surface area contributed by atoms with Crippen molar-refractivity contribution in [2.45, 2.75) is 12.5 Å². The second-order valence-corrected chi connectivity index (χ2v) is 3.01. The predicted molar refractivity (Wildman–Crippen MR) is 58.2 cm³/mol. The number of alkyl halides is 1. The minimum absolute atomic E-state index is 0. The van der Waals surface area contributed by atoms with Gasteiger partial charge in [-0.25, -0.2) is 4.79 Å². The molecule has 0 aliphatic heterocycles. The van der Waals surface area contributed by atoms with Gasteiger partial charge in [0.15, 0.2) is 0 Å². The van der Waals surface area contributed by atoms with Crippen LogP contribution < -0.4 is 5.73 Å². The monoisotopic (exact) mass is 233 g/mol. The van der Waals surface area contributed by atoms with E-state index < -0.39 is 12.6 Å². The molecule has 1 aromatic carbocycles. The Morgan fingerprint density at radius 3 is 2.33 bits per heavy atom. The van der Waals surface area contributed by atoms with Crippen molar-refractivity contribution in [3.8, 4) is 0 Å². The molecule has 0 aliphatic carbocycles. The molecule has 0 saturated heterocycles. The van der Waals surface area contributed by atoms with Gasteiger partial charge in [0.2, 0.25) is 0 Å². The van der Waals surface area contributed by atoms with E-state index in [9.17, 15) is 9.18 Å². The number of carbonyl (C=O) groups is 1. The van der Waals surface area contributed by atoms with Crippen LogP contribution in [0.3, 0.4) is 0 Å². The minimum Gasteiger partial charge on any atom is -0.478 e. The summed E-state index contributed by atoms with van der Waals surface area (Å²) >= 11 is 0. The molecule has 3 N–H and O–H groups in total. The van der Waals surface area contributed by atoms with Gasteiger partial charge in [-0.15, -0.1) is 12.4 Å². The molecule has 1 atom stereocenters. The number of hydrogen-bond acceptors (Lipinski definition) is 2. The third-order valence-electron chi connectivity index (χ3n) is 2.01. The summed E-state index contributed by atoms with van der Waals surface area (Å²) in [6, 6.07) is 5.81. The van der Waals surface area contributed by atoms with E-state index in [2.05, 4.69) is 0 Å². The molecular weight excluding hydrogens is 221 g/mol. The lowest BCUT2D eigenvalue weighted by Gasteiger charge is -2.09. The first-order valence-corrected chi connectivity index (χ1v) is 4.30. The van der Waals surface area contributed by atoms with Crippen molar-refractivity contribution in [1.82, 2.24) is 0 Å². The van der Waals surface area contributed by atoms with E-state index in [0.717, 1.165) is 5.56 Å². The predicted octanol–water partition coefficient (Wildman–Crippen LogP) is 2.17. The summed E-state index contributed by atoms with van der Waals surface area (Å²) in [5.74, 6) is -0.976. The van der Waals surface area contributed by atoms with Crippen LogP contribution in [0.4, 0.5) is 4.39 Å². The van der Waals surface area contributed by atoms with Crippen LogP contribution >= 0.6 is 12.4 Å². The number of carboxylic acid groups (broad SMARTS) is 1. The molecule has 0 spiro atoms. The van der Waals surface area contributed by atoms with Crippen LogP contribution in [-0.2, 0) is 0 Å². The van der Waals surface area contributed by atoms with Gasteiger partial charge in [-0.1, -0.05) is 12.1 Å². The fourth-order valence-corrected chi connectivity index (χ4v) is 1.16. The Labute approximate surface area is 93.5 Å². The third-order valence-corrected chi connectivity index (χ3v) is 2.01. The van der Waals surface area contributed by atoms with Crippen molar-refractivity contribution in [2.75, 3.05) is 6.67 Å². The van der Waals surface area contributed by atoms with Crippen molar-refractivity contribution < 1.29 is 14.3 Å². The first kappa shape index (κ1) is 13.9. The van der Waals surface area contributed by atoms with Crippen LogP contribution in [-0.4, -0.2) is 17.8 Å². The van der Waals surface area contributed by atoms with Crippen LogP contribution in [0.1, 0.15) is 28.4 Å². The third kappa shape index (κ3) is 3.85. The summed E-state index contributed by atoms with van der Waals surface area (Å²) in [4.78, 5) is 10.5. The van der Waals surface area contributed by atoms with E-state index >= 15 is 0 Å². The highest BCUT2D eigenvalue weighted by Gasteiger charge is 2.07. The Hall–Kier alpha value is -1.13. The van der Waals surface area contributed by atoms with Gasteiger partial charge in [0.25, 0.3) is 0 Å². The maximum absolute atomic E-state index is 12.0. The van der Waals surface area contributed by atoms with Gasteiger partial charge in [0.05, 0.1) is 12.2 Å². The standard InChI is InChI=1S/C10H12FNO2.ClH/c11-6-5-9(12)7-1-3-8(4-2-7)10(13)14;/h1-4,9H,5-6,12H2,(H,13,14);1H/t9-;/m1./s1. The molecule has 0 radical (unpaired) electrons. The summed E-state index contributed by atoms with van der Waals surface area (Å²) in [5, 5.41) is 8.63. The van der Waals surface area contributed by atoms with Gasteiger partial charge in [-0.3, -0.25) is 4.39 Å². The van der Waals surface area contributed by atoms with Gasteiger partial charge in [-0.05, 0) is 24.1 Å². The van der Waals surface area contributed by atoms with E-state index in [1.165, 1.54) is 12.1 Å². The molecule has 1 aromatic rings. The molecule has 15 heavy (non-hydrogen) atoms. The molecule has 0 heterocycles. The Bertz CT molecular complexity index is 316. The SMILES string of the molecule is Cl.N[C@H](CCF)c1ccc(C(=O)O)cc1. The van der Waals surface area contributed by atoms with Crippen molar-refractivity contribution in [1.29, 1.82) is 0 Å². The fraction of sp³-hybridized carbons (Fsp3) is 0.300. The number of benzene rings is 1. The summed E-state index contributed by atoms with van der Waals surface area (Å²) in [7, 11) is 0. The average molecular weight is 234 g/mol. The van der Waals surface area contributed by atoms with Crippen molar-refractivity contribution in [3.05, 3.63) is 35.4 Å². The number of hydrogen-bond donors (Lipinski definition) is 2. The largest absolute Gasteiger partial charge is 0.478 e. The summed E-state index contributed by atoms with van der Waals surface area (Å²) in [5.41, 5.74) is 6.61. The summed E-state index contributed by atoms with van der Waals surface area (Å²) in [6.45, 7) is -0.470. The van der Waals surface area contributed by atoms with Crippen molar-refractivity contribution in [3.63, 3.8) is 0 Å². The topological polar surface area (TPSA) is 63.3 Å². The molecule has 0 aliphatic rings. The lowest BCUT2D eigenvalue weighted by atomic mass is 10.0. The highest BCUT2D eigenvalue weighted by Crippen LogP contribution is 2.14. The molecule has 0 aromatic heterocycles. The fourth-order valence-electron chi connectivity index (χ4n) is 1.16. The zero-order valence-electron chi connectivity index (χ0n) is 8.02. The van der Waals surface area contributed by atoms with E-state index in [1.54, 1.807) is 12.1 Å². The zero-order valence-corrected chi connectivity index (χ0v) is 8.84. The summed E-state index contributed by atoms with van der Waals surface area (Å²) in [6.07, 6.45) is 0.256. The van der Waals surface area contributed by atoms with Gasteiger partial charge in [-0.2, -0.15) is 0 Å². The normalized spacial score (nSPS) is 11.6. The van der Waals surface area contributed by atoms with Gasteiger partial charge >= 0.3 is 5.97 Å². The van der Waals surface area contributed by atoms with Crippen LogP contribution in [0, 0.1) is 0 Å². The molecular formula is C10H13ClFNO2. The lowest BCUT2D eigenvalue weighted by Crippen LogP contribution is -2.11. The first-order chi connectivity index (χ1) is 6.65. The zero-order chi connectivity index (χ0) is 10.6. The molecule has 84 valence electrons. The molecule has 0 amide bonds. The second kappa shape index (κ2) is 6.37. The molecule has 0 unspecified atom stereocenters. The smallest absolute Gasteiger partial charge is 0.335 e. The van der Waals surface area contributed by atoms with Crippen LogP contribution in [0.15, 0.2) is 24.3 Å². The second-order valence-electron chi connectivity index (χ2n) is 3.01. The minimum atomic E-state index is -0.976. The molecule has 0 bridgehead atoms. The van der Waals surface area contributed by atoms with E-state index in [4.69, 9.17) is 10.8 Å². The van der Waals surface area contributed by atoms with Crippen LogP contribution in [0.2, 0.25) is 0 Å².